The Labute approximate surface area is 251 Å². The van der Waals surface area contributed by atoms with Crippen LogP contribution < -0.4 is 14.2 Å². The highest BCUT2D eigenvalue weighted by Crippen LogP contribution is 2.33. The van der Waals surface area contributed by atoms with E-state index in [1.54, 1.807) is 55.5 Å². The summed E-state index contributed by atoms with van der Waals surface area (Å²) in [6.45, 7) is 6.94. The maximum Gasteiger partial charge on any atom is 0.336 e. The summed E-state index contributed by atoms with van der Waals surface area (Å²) < 4.78 is 16.6. The van der Waals surface area contributed by atoms with Crippen LogP contribution in [0.4, 0.5) is 0 Å². The van der Waals surface area contributed by atoms with Crippen molar-refractivity contribution in [3.8, 4) is 17.2 Å². The van der Waals surface area contributed by atoms with E-state index in [0.29, 0.717) is 39.4 Å². The van der Waals surface area contributed by atoms with Crippen LogP contribution in [0.25, 0.3) is 12.2 Å². The monoisotopic (exact) mass is 587 g/mol. The molecule has 1 aliphatic rings. The van der Waals surface area contributed by atoms with Gasteiger partial charge >= 0.3 is 5.97 Å². The van der Waals surface area contributed by atoms with E-state index in [1.165, 1.54) is 23.4 Å². The third-order valence-electron chi connectivity index (χ3n) is 6.53. The highest BCUT2D eigenvalue weighted by Gasteiger charge is 2.31. The molecule has 0 unspecified atom stereocenters. The molecule has 1 heterocycles. The first kappa shape index (κ1) is 30.1. The molecule has 212 valence electrons. The van der Waals surface area contributed by atoms with Crippen molar-refractivity contribution >= 4 is 52.3 Å². The van der Waals surface area contributed by atoms with Crippen LogP contribution in [0.3, 0.4) is 0 Å². The molecule has 0 aromatic heterocycles. The van der Waals surface area contributed by atoms with Crippen LogP contribution in [0.15, 0.2) is 77.7 Å². The molecule has 1 aliphatic heterocycles. The molecule has 0 spiro atoms. The topological polar surface area (TPSA) is 65.1 Å². The molecule has 41 heavy (non-hydrogen) atoms. The Morgan fingerprint density at radius 1 is 0.927 bits per heavy atom. The van der Waals surface area contributed by atoms with Crippen LogP contribution in [-0.4, -0.2) is 41.9 Å². The lowest BCUT2D eigenvalue weighted by Gasteiger charge is -2.18. The number of rotatable bonds is 9. The minimum absolute atomic E-state index is 0.0746. The predicted octanol–water partition coefficient (Wildman–Crippen LogP) is 7.06. The quantitative estimate of drug-likeness (QED) is 0.115. The first-order valence-corrected chi connectivity index (χ1v) is 14.4. The number of amides is 1. The number of hydrogen-bond donors (Lipinski definition) is 0. The highest BCUT2D eigenvalue weighted by atomic mass is 32.2. The van der Waals surface area contributed by atoms with Gasteiger partial charge in [-0.3, -0.25) is 9.69 Å². The van der Waals surface area contributed by atoms with Crippen molar-refractivity contribution in [1.29, 1.82) is 0 Å². The van der Waals surface area contributed by atoms with Gasteiger partial charge in [0.2, 0.25) is 0 Å². The van der Waals surface area contributed by atoms with Gasteiger partial charge in [0.05, 0.1) is 19.1 Å². The Balaban J connectivity index is 1.33. The molecule has 0 saturated carbocycles. The number of esters is 1. The maximum atomic E-state index is 13.1. The van der Waals surface area contributed by atoms with Gasteiger partial charge in [-0.1, -0.05) is 87.2 Å². The number of thiocarbonyl (C=S) groups is 1. The number of ether oxygens (including phenoxy) is 3. The van der Waals surface area contributed by atoms with Gasteiger partial charge in [0.1, 0.15) is 10.1 Å². The lowest BCUT2D eigenvalue weighted by Crippen LogP contribution is -2.30. The van der Waals surface area contributed by atoms with Crippen molar-refractivity contribution in [2.24, 2.45) is 0 Å². The summed E-state index contributed by atoms with van der Waals surface area (Å²) >= 11 is 6.76. The molecule has 8 heteroatoms. The minimum atomic E-state index is -0.465. The highest BCUT2D eigenvalue weighted by molar-refractivity contribution is 8.26. The number of nitrogens with zero attached hydrogens (tertiary/aromatic N) is 1. The summed E-state index contributed by atoms with van der Waals surface area (Å²) in [4.78, 5) is 27.5. The Morgan fingerprint density at radius 3 is 2.22 bits per heavy atom. The van der Waals surface area contributed by atoms with E-state index in [-0.39, 0.29) is 11.3 Å². The Morgan fingerprint density at radius 2 is 1.59 bits per heavy atom. The smallest absolute Gasteiger partial charge is 0.336 e. The fraction of sp³-hybridized carbons (Fsp3) is 0.242. The van der Waals surface area contributed by atoms with Gasteiger partial charge in [-0.2, -0.15) is 0 Å². The minimum Gasteiger partial charge on any atom is -0.493 e. The van der Waals surface area contributed by atoms with E-state index in [2.05, 4.69) is 32.9 Å². The van der Waals surface area contributed by atoms with Crippen molar-refractivity contribution in [3.05, 3.63) is 100.0 Å². The van der Waals surface area contributed by atoms with E-state index in [1.807, 2.05) is 30.3 Å². The number of thioether (sulfide) groups is 1. The van der Waals surface area contributed by atoms with Crippen LogP contribution in [0.5, 0.6) is 17.2 Å². The second-order valence-corrected chi connectivity index (χ2v) is 12.1. The van der Waals surface area contributed by atoms with Crippen LogP contribution in [0.2, 0.25) is 0 Å². The average Bonchev–Trinajstić information content (AvgIpc) is 3.22. The molecule has 0 aliphatic carbocycles. The second-order valence-electron chi connectivity index (χ2n) is 10.5. The van der Waals surface area contributed by atoms with Gasteiger partial charge < -0.3 is 14.2 Å². The van der Waals surface area contributed by atoms with Gasteiger partial charge in [-0.05, 0) is 70.5 Å². The molecule has 6 nitrogen and oxygen atoms in total. The average molecular weight is 588 g/mol. The number of hydrogen-bond acceptors (Lipinski definition) is 7. The largest absolute Gasteiger partial charge is 0.493 e. The van der Waals surface area contributed by atoms with E-state index < -0.39 is 5.97 Å². The SMILES string of the molecule is COc1ccc(CCN2C(=O)/C(=C/c3ccc(OC(=O)/C=C/c4ccc(C(C)(C)C)cc4)cc3)SC2=S)cc1OC. The summed E-state index contributed by atoms with van der Waals surface area (Å²) in [6, 6.07) is 20.8. The van der Waals surface area contributed by atoms with Crippen LogP contribution in [-0.2, 0) is 21.4 Å². The second kappa shape index (κ2) is 13.2. The fourth-order valence-electron chi connectivity index (χ4n) is 4.16. The summed E-state index contributed by atoms with van der Waals surface area (Å²) in [5, 5.41) is 0. The number of carbonyl (C=O) groups excluding carboxylic acids is 2. The van der Waals surface area contributed by atoms with Crippen LogP contribution >= 0.6 is 24.0 Å². The third-order valence-corrected chi connectivity index (χ3v) is 7.91. The Hall–Kier alpha value is -3.88. The van der Waals surface area contributed by atoms with E-state index in [4.69, 9.17) is 26.4 Å². The van der Waals surface area contributed by atoms with Crippen molar-refractivity contribution in [3.63, 3.8) is 0 Å². The summed E-state index contributed by atoms with van der Waals surface area (Å²) in [5.41, 5.74) is 4.05. The number of carbonyl (C=O) groups is 2. The molecule has 4 rings (SSSR count). The van der Waals surface area contributed by atoms with Crippen molar-refractivity contribution in [1.82, 2.24) is 4.90 Å². The first-order chi connectivity index (χ1) is 19.6. The predicted molar refractivity (Wildman–Crippen MR) is 169 cm³/mol. The Bertz CT molecular complexity index is 1490. The molecule has 0 radical (unpaired) electrons. The van der Waals surface area contributed by atoms with Gasteiger partial charge in [-0.15, -0.1) is 0 Å². The molecule has 1 fully saturated rings. The molecule has 3 aromatic carbocycles. The third kappa shape index (κ3) is 7.86. The van der Waals surface area contributed by atoms with E-state index >= 15 is 0 Å². The summed E-state index contributed by atoms with van der Waals surface area (Å²) in [7, 11) is 3.19. The number of methoxy groups -OCH3 is 2. The molecule has 0 N–H and O–H groups in total. The van der Waals surface area contributed by atoms with Gasteiger partial charge in [0.15, 0.2) is 11.5 Å². The summed E-state index contributed by atoms with van der Waals surface area (Å²) in [5.74, 6) is 1.13. The lowest BCUT2D eigenvalue weighted by atomic mass is 9.87. The van der Waals surface area contributed by atoms with Gasteiger partial charge in [-0.25, -0.2) is 4.79 Å². The molecular weight excluding hydrogens is 554 g/mol. The van der Waals surface area contributed by atoms with Crippen LogP contribution in [0.1, 0.15) is 43.0 Å². The fourth-order valence-corrected chi connectivity index (χ4v) is 5.47. The zero-order valence-corrected chi connectivity index (χ0v) is 25.4. The summed E-state index contributed by atoms with van der Waals surface area (Å²) in [6.07, 6.45) is 5.56. The molecule has 0 atom stereocenters. The van der Waals surface area contributed by atoms with Crippen molar-refractivity contribution < 1.29 is 23.8 Å². The molecule has 1 amide bonds. The van der Waals surface area contributed by atoms with Crippen molar-refractivity contribution in [2.75, 3.05) is 20.8 Å². The Kier molecular flexibility index (Phi) is 9.68. The zero-order valence-electron chi connectivity index (χ0n) is 23.8. The van der Waals surface area contributed by atoms with E-state index in [0.717, 1.165) is 16.7 Å². The normalized spacial score (nSPS) is 14.7. The zero-order chi connectivity index (χ0) is 29.6. The molecule has 3 aromatic rings. The number of benzene rings is 3. The first-order valence-electron chi connectivity index (χ1n) is 13.1. The molecular formula is C33H33NO5S2. The van der Waals surface area contributed by atoms with Crippen LogP contribution in [0, 0.1) is 0 Å². The lowest BCUT2D eigenvalue weighted by molar-refractivity contribution is -0.129. The van der Waals surface area contributed by atoms with E-state index in [9.17, 15) is 9.59 Å². The molecule has 0 bridgehead atoms. The standard InChI is InChI=1S/C33H33NO5S2/c1-33(2,3)25-12-6-22(7-13-25)11-17-30(35)39-26-14-8-23(9-15-26)21-29-31(36)34(32(40)41-29)19-18-24-10-16-27(37-4)28(20-24)38-5/h6-17,20-21H,18-19H2,1-5H3/b17-11+,29-21-. The maximum absolute atomic E-state index is 13.1. The van der Waals surface area contributed by atoms with Gasteiger partial charge in [0.25, 0.3) is 5.91 Å². The molecule has 1 saturated heterocycles. The van der Waals surface area contributed by atoms with Gasteiger partial charge in [0, 0.05) is 12.6 Å². The van der Waals surface area contributed by atoms with Crippen molar-refractivity contribution in [2.45, 2.75) is 32.6 Å².